The van der Waals surface area contributed by atoms with Crippen molar-refractivity contribution in [2.75, 3.05) is 11.9 Å². The van der Waals surface area contributed by atoms with Crippen molar-refractivity contribution in [1.29, 1.82) is 0 Å². The second-order valence-electron chi connectivity index (χ2n) is 7.46. The van der Waals surface area contributed by atoms with Gasteiger partial charge in [0.1, 0.15) is 12.4 Å². The van der Waals surface area contributed by atoms with Crippen LogP contribution in [0.3, 0.4) is 0 Å². The first-order chi connectivity index (χ1) is 13.3. The molecule has 0 fully saturated rings. The van der Waals surface area contributed by atoms with Crippen molar-refractivity contribution in [3.05, 3.63) is 45.6 Å². The Morgan fingerprint density at radius 1 is 1.29 bits per heavy atom. The van der Waals surface area contributed by atoms with Gasteiger partial charge in [0.25, 0.3) is 5.91 Å². The Balaban J connectivity index is 1.65. The lowest BCUT2D eigenvalue weighted by Crippen LogP contribution is -2.22. The van der Waals surface area contributed by atoms with Crippen LogP contribution in [0.25, 0.3) is 11.4 Å². The predicted octanol–water partition coefficient (Wildman–Crippen LogP) is 4.73. The fraction of sp³-hybridized carbons (Fsp3) is 0.333. The van der Waals surface area contributed by atoms with E-state index in [1.54, 1.807) is 15.6 Å². The van der Waals surface area contributed by atoms with Gasteiger partial charge in [0.2, 0.25) is 4.73 Å². The highest BCUT2D eigenvalue weighted by atomic mass is 79.9. The molecule has 0 radical (unpaired) electrons. The molecule has 0 aliphatic rings. The van der Waals surface area contributed by atoms with Crippen molar-refractivity contribution in [3.63, 3.8) is 0 Å². The summed E-state index contributed by atoms with van der Waals surface area (Å²) in [6.07, 6.45) is 0. The van der Waals surface area contributed by atoms with Crippen LogP contribution in [0.15, 0.2) is 39.9 Å². The Morgan fingerprint density at radius 3 is 2.68 bits per heavy atom. The number of hydrogen-bond donors (Lipinski definition) is 1. The smallest absolute Gasteiger partial charge is 0.275 e. The zero-order valence-corrected chi connectivity index (χ0v) is 19.4. The summed E-state index contributed by atoms with van der Waals surface area (Å²) < 4.78 is 8.04. The second-order valence-corrected chi connectivity index (χ2v) is 14.5. The molecular weight excluding hydrogens is 458 g/mol. The average Bonchev–Trinajstić information content (AvgIpc) is 3.28. The normalized spacial score (nSPS) is 11.6. The molecule has 1 N–H and O–H groups in total. The minimum absolute atomic E-state index is 0.226. The number of halogens is 1. The molecule has 3 aromatic rings. The topological polar surface area (TPSA) is 81.9 Å². The van der Waals surface area contributed by atoms with Crippen molar-refractivity contribution in [2.45, 2.75) is 32.4 Å². The van der Waals surface area contributed by atoms with Crippen molar-refractivity contribution >= 4 is 46.9 Å². The summed E-state index contributed by atoms with van der Waals surface area (Å²) in [5.74, 6) is 0.480. The van der Waals surface area contributed by atoms with E-state index in [0.29, 0.717) is 35.3 Å². The van der Waals surface area contributed by atoms with Crippen molar-refractivity contribution < 1.29 is 9.53 Å². The number of thiazole rings is 1. The van der Waals surface area contributed by atoms with E-state index in [1.807, 2.05) is 24.3 Å². The summed E-state index contributed by atoms with van der Waals surface area (Å²) >= 11 is 4.72. The Bertz CT molecular complexity index is 923. The van der Waals surface area contributed by atoms with Gasteiger partial charge in [-0.3, -0.25) is 4.79 Å². The SMILES string of the molecule is C[Si](C)(C)CCOCn1nc(Br)nc1-c1ccc(NC(=O)c2cscn2)cc1. The maximum absolute atomic E-state index is 12.1. The summed E-state index contributed by atoms with van der Waals surface area (Å²) in [4.78, 5) is 20.5. The fourth-order valence-corrected chi connectivity index (χ4v) is 4.02. The predicted molar refractivity (Wildman–Crippen MR) is 117 cm³/mol. The number of nitrogens with one attached hydrogen (secondary N) is 1. The molecule has 0 bridgehead atoms. The maximum Gasteiger partial charge on any atom is 0.275 e. The fourth-order valence-electron chi connectivity index (χ4n) is 2.37. The molecule has 7 nitrogen and oxygen atoms in total. The van der Waals surface area contributed by atoms with Gasteiger partial charge in [-0.25, -0.2) is 14.6 Å². The molecule has 1 amide bonds. The molecule has 0 unspecified atom stereocenters. The van der Waals surface area contributed by atoms with Crippen LogP contribution in [0, 0.1) is 0 Å². The second kappa shape index (κ2) is 9.08. The van der Waals surface area contributed by atoms with Crippen LogP contribution in [0.1, 0.15) is 10.5 Å². The first kappa shape index (κ1) is 20.8. The molecule has 3 rings (SSSR count). The Labute approximate surface area is 177 Å². The quantitative estimate of drug-likeness (QED) is 0.373. The Morgan fingerprint density at radius 2 is 2.04 bits per heavy atom. The van der Waals surface area contributed by atoms with Crippen LogP contribution in [-0.4, -0.2) is 40.3 Å². The standard InChI is InChI=1S/C18H22BrN5O2SSi/c1-28(2,3)9-8-26-12-24-16(22-18(19)23-24)13-4-6-14(7-5-13)21-17(25)15-10-27-11-20-15/h4-7,10-11H,8-9,12H2,1-3H3,(H,21,25). The number of hydrogen-bond acceptors (Lipinski definition) is 6. The van der Waals surface area contributed by atoms with Gasteiger partial charge in [0.05, 0.1) is 5.51 Å². The largest absolute Gasteiger partial charge is 0.359 e. The summed E-state index contributed by atoms with van der Waals surface area (Å²) in [5.41, 5.74) is 3.62. The zero-order valence-electron chi connectivity index (χ0n) is 16.0. The molecule has 0 atom stereocenters. The lowest BCUT2D eigenvalue weighted by molar-refractivity contribution is 0.0794. The lowest BCUT2D eigenvalue weighted by Gasteiger charge is -2.15. The number of benzene rings is 1. The summed E-state index contributed by atoms with van der Waals surface area (Å²) in [7, 11) is -1.13. The van der Waals surface area contributed by atoms with Gasteiger partial charge >= 0.3 is 0 Å². The number of aromatic nitrogens is 4. The van der Waals surface area contributed by atoms with E-state index >= 15 is 0 Å². The van der Waals surface area contributed by atoms with Crippen LogP contribution in [-0.2, 0) is 11.5 Å². The third-order valence-corrected chi connectivity index (χ3v) is 6.55. The minimum Gasteiger partial charge on any atom is -0.359 e. The van der Waals surface area contributed by atoms with Gasteiger partial charge < -0.3 is 10.1 Å². The maximum atomic E-state index is 12.1. The Kier molecular flexibility index (Phi) is 6.76. The minimum atomic E-state index is -1.13. The van der Waals surface area contributed by atoms with Crippen molar-refractivity contribution in [1.82, 2.24) is 19.7 Å². The van der Waals surface area contributed by atoms with Crippen LogP contribution in [0.2, 0.25) is 25.7 Å². The van der Waals surface area contributed by atoms with Crippen molar-refractivity contribution in [2.24, 2.45) is 0 Å². The van der Waals surface area contributed by atoms with Gasteiger partial charge in [-0.15, -0.1) is 16.4 Å². The van der Waals surface area contributed by atoms with Gasteiger partial charge in [-0.2, -0.15) is 0 Å². The Hall–Kier alpha value is -1.88. The van der Waals surface area contributed by atoms with Crippen LogP contribution in [0.5, 0.6) is 0 Å². The number of ether oxygens (including phenoxy) is 1. The highest BCUT2D eigenvalue weighted by molar-refractivity contribution is 9.10. The summed E-state index contributed by atoms with van der Waals surface area (Å²) in [6.45, 7) is 8.03. The highest BCUT2D eigenvalue weighted by Crippen LogP contribution is 2.22. The molecule has 0 aliphatic heterocycles. The van der Waals surface area contributed by atoms with E-state index in [2.05, 4.69) is 56.0 Å². The van der Waals surface area contributed by atoms with E-state index in [0.717, 1.165) is 11.6 Å². The van der Waals surface area contributed by atoms with Crippen LogP contribution < -0.4 is 5.32 Å². The zero-order chi connectivity index (χ0) is 20.1. The molecule has 148 valence electrons. The van der Waals surface area contributed by atoms with Gasteiger partial charge in [0.15, 0.2) is 5.82 Å². The third kappa shape index (κ3) is 5.81. The molecule has 10 heteroatoms. The van der Waals surface area contributed by atoms with Gasteiger partial charge in [-0.1, -0.05) is 19.6 Å². The van der Waals surface area contributed by atoms with Crippen LogP contribution in [0.4, 0.5) is 5.69 Å². The monoisotopic (exact) mass is 479 g/mol. The molecule has 0 saturated heterocycles. The molecule has 28 heavy (non-hydrogen) atoms. The number of rotatable bonds is 8. The number of amides is 1. The van der Waals surface area contributed by atoms with E-state index in [-0.39, 0.29) is 5.91 Å². The van der Waals surface area contributed by atoms with E-state index in [9.17, 15) is 4.79 Å². The molecule has 0 aliphatic carbocycles. The molecule has 0 saturated carbocycles. The number of anilines is 1. The third-order valence-electron chi connectivity index (χ3n) is 3.92. The van der Waals surface area contributed by atoms with Gasteiger partial charge in [-0.05, 0) is 46.2 Å². The first-order valence-corrected chi connectivity index (χ1v) is 14.2. The molecule has 2 aromatic heterocycles. The molecular formula is C18H22BrN5O2SSi. The van der Waals surface area contributed by atoms with Gasteiger partial charge in [0, 0.05) is 31.3 Å². The van der Waals surface area contributed by atoms with E-state index in [4.69, 9.17) is 4.74 Å². The molecule has 2 heterocycles. The first-order valence-electron chi connectivity index (χ1n) is 8.80. The number of carbonyl (C=O) groups is 1. The average molecular weight is 480 g/mol. The molecule has 0 spiro atoms. The lowest BCUT2D eigenvalue weighted by atomic mass is 10.2. The highest BCUT2D eigenvalue weighted by Gasteiger charge is 2.14. The van der Waals surface area contributed by atoms with E-state index in [1.165, 1.54) is 11.3 Å². The molecule has 1 aromatic carbocycles. The van der Waals surface area contributed by atoms with E-state index < -0.39 is 8.07 Å². The number of nitrogens with zero attached hydrogens (tertiary/aromatic N) is 4. The van der Waals surface area contributed by atoms with Crippen LogP contribution >= 0.6 is 27.3 Å². The summed E-state index contributed by atoms with van der Waals surface area (Å²) in [6, 6.07) is 8.56. The summed E-state index contributed by atoms with van der Waals surface area (Å²) in [5, 5.41) is 8.90. The number of carbonyl (C=O) groups excluding carboxylic acids is 1. The van der Waals surface area contributed by atoms with Crippen molar-refractivity contribution in [3.8, 4) is 11.4 Å².